The van der Waals surface area contributed by atoms with E-state index >= 15 is 0 Å². The van der Waals surface area contributed by atoms with Crippen LogP contribution in [0.4, 0.5) is 21.9 Å². The van der Waals surface area contributed by atoms with Crippen LogP contribution in [0.3, 0.4) is 0 Å². The molecule has 1 aliphatic heterocycles. The number of para-hydroxylation sites is 1. The fourth-order valence-electron chi connectivity index (χ4n) is 4.46. The second kappa shape index (κ2) is 9.79. The number of hydrogen-bond acceptors (Lipinski definition) is 3. The van der Waals surface area contributed by atoms with Crippen LogP contribution in [0.15, 0.2) is 72.8 Å². The van der Waals surface area contributed by atoms with Crippen LogP contribution < -0.4 is 21.3 Å². The Morgan fingerprint density at radius 1 is 0.912 bits per heavy atom. The molecule has 0 radical (unpaired) electrons. The summed E-state index contributed by atoms with van der Waals surface area (Å²) in [5.41, 5.74) is 10.1. The highest BCUT2D eigenvalue weighted by Gasteiger charge is 2.34. The van der Waals surface area contributed by atoms with Gasteiger partial charge in [0.25, 0.3) is 5.91 Å². The Hall–Kier alpha value is -4.13. The van der Waals surface area contributed by atoms with Crippen molar-refractivity contribution < 1.29 is 14.4 Å². The molecule has 7 nitrogen and oxygen atoms in total. The van der Waals surface area contributed by atoms with Crippen LogP contribution in [-0.4, -0.2) is 23.9 Å². The number of amides is 4. The monoisotopic (exact) mass is 456 g/mol. The molecule has 174 valence electrons. The SMILES string of the molecule is CCC(=O)Nc1ccc(C2CC(C)N(C(=O)c3ccc(NC(N)=O)cc3)c3ccccc32)cc1. The lowest BCUT2D eigenvalue weighted by Gasteiger charge is -2.39. The first kappa shape index (κ1) is 23.0. The Morgan fingerprint density at radius 2 is 1.53 bits per heavy atom. The Labute approximate surface area is 199 Å². The van der Waals surface area contributed by atoms with Crippen LogP contribution in [0.25, 0.3) is 0 Å². The molecule has 34 heavy (non-hydrogen) atoms. The van der Waals surface area contributed by atoms with Crippen molar-refractivity contribution in [2.24, 2.45) is 5.73 Å². The quantitative estimate of drug-likeness (QED) is 0.498. The van der Waals surface area contributed by atoms with Gasteiger partial charge < -0.3 is 21.3 Å². The number of nitrogens with zero attached hydrogens (tertiary/aromatic N) is 1. The summed E-state index contributed by atoms with van der Waals surface area (Å²) >= 11 is 0. The molecule has 1 aliphatic rings. The van der Waals surface area contributed by atoms with Gasteiger partial charge in [-0.1, -0.05) is 37.3 Å². The van der Waals surface area contributed by atoms with Crippen molar-refractivity contribution in [2.45, 2.75) is 38.6 Å². The number of primary amides is 1. The van der Waals surface area contributed by atoms with Crippen molar-refractivity contribution in [2.75, 3.05) is 15.5 Å². The lowest BCUT2D eigenvalue weighted by atomic mass is 9.81. The maximum atomic E-state index is 13.5. The van der Waals surface area contributed by atoms with Gasteiger partial charge in [-0.05, 0) is 66.9 Å². The van der Waals surface area contributed by atoms with Gasteiger partial charge in [-0.3, -0.25) is 9.59 Å². The van der Waals surface area contributed by atoms with Gasteiger partial charge in [-0.25, -0.2) is 4.79 Å². The first-order valence-electron chi connectivity index (χ1n) is 11.4. The molecule has 0 saturated carbocycles. The van der Waals surface area contributed by atoms with Crippen molar-refractivity contribution >= 4 is 34.9 Å². The number of nitrogens with one attached hydrogen (secondary N) is 2. The van der Waals surface area contributed by atoms with Gasteiger partial charge in [-0.2, -0.15) is 0 Å². The molecule has 4 amide bonds. The summed E-state index contributed by atoms with van der Waals surface area (Å²) in [4.78, 5) is 38.1. The first-order chi connectivity index (χ1) is 16.4. The van der Waals surface area contributed by atoms with Gasteiger partial charge in [-0.15, -0.1) is 0 Å². The summed E-state index contributed by atoms with van der Waals surface area (Å²) in [7, 11) is 0. The normalized spacial score (nSPS) is 16.9. The van der Waals surface area contributed by atoms with Gasteiger partial charge in [0.05, 0.1) is 0 Å². The molecule has 0 aliphatic carbocycles. The van der Waals surface area contributed by atoms with Crippen LogP contribution in [0.1, 0.15) is 54.1 Å². The van der Waals surface area contributed by atoms with E-state index in [9.17, 15) is 14.4 Å². The van der Waals surface area contributed by atoms with E-state index in [0.717, 1.165) is 28.9 Å². The van der Waals surface area contributed by atoms with E-state index in [1.807, 2.05) is 54.3 Å². The molecule has 0 aromatic heterocycles. The molecule has 4 N–H and O–H groups in total. The standard InChI is InChI=1S/C27H28N4O3/c1-3-25(32)29-20-12-8-18(9-13-20)23-16-17(2)31(24-7-5-4-6-22(23)24)26(33)19-10-14-21(15-11-19)30-27(28)34/h4-15,17,23H,3,16H2,1-2H3,(H,29,32)(H3,28,30,34). The van der Waals surface area contributed by atoms with E-state index in [1.165, 1.54) is 0 Å². The van der Waals surface area contributed by atoms with Crippen molar-refractivity contribution in [1.29, 1.82) is 0 Å². The number of nitrogens with two attached hydrogens (primary N) is 1. The van der Waals surface area contributed by atoms with Crippen LogP contribution in [0.2, 0.25) is 0 Å². The number of hydrogen-bond donors (Lipinski definition) is 3. The van der Waals surface area contributed by atoms with Crippen LogP contribution in [0.5, 0.6) is 0 Å². The zero-order valence-electron chi connectivity index (χ0n) is 19.2. The summed E-state index contributed by atoms with van der Waals surface area (Å²) in [6, 6.07) is 22.0. The minimum Gasteiger partial charge on any atom is -0.351 e. The molecule has 0 saturated heterocycles. The maximum absolute atomic E-state index is 13.5. The Kier molecular flexibility index (Phi) is 6.63. The van der Waals surface area contributed by atoms with Crippen molar-refractivity contribution in [3.05, 3.63) is 89.5 Å². The molecule has 2 unspecified atom stereocenters. The fraction of sp³-hybridized carbons (Fsp3) is 0.222. The third-order valence-corrected chi connectivity index (χ3v) is 6.13. The molecular weight excluding hydrogens is 428 g/mol. The number of carbonyl (C=O) groups is 3. The van der Waals surface area contributed by atoms with Crippen LogP contribution in [0, 0.1) is 0 Å². The molecule has 0 fully saturated rings. The fourth-order valence-corrected chi connectivity index (χ4v) is 4.46. The third kappa shape index (κ3) is 4.78. The molecule has 1 heterocycles. The van der Waals surface area contributed by atoms with E-state index in [2.05, 4.69) is 23.6 Å². The second-order valence-corrected chi connectivity index (χ2v) is 8.46. The second-order valence-electron chi connectivity index (χ2n) is 8.46. The number of anilines is 3. The Morgan fingerprint density at radius 3 is 2.18 bits per heavy atom. The zero-order chi connectivity index (χ0) is 24.2. The Bertz CT molecular complexity index is 1210. The average molecular weight is 457 g/mol. The zero-order valence-corrected chi connectivity index (χ0v) is 19.2. The number of benzene rings is 3. The van der Waals surface area contributed by atoms with Crippen LogP contribution in [-0.2, 0) is 4.79 Å². The number of rotatable bonds is 5. The molecule has 7 heteroatoms. The minimum absolute atomic E-state index is 0.0167. The molecule has 0 spiro atoms. The summed E-state index contributed by atoms with van der Waals surface area (Å²) in [5.74, 6) is 0.0203. The van der Waals surface area contributed by atoms with Crippen molar-refractivity contribution in [1.82, 2.24) is 0 Å². The molecule has 3 aromatic rings. The predicted molar refractivity (Wildman–Crippen MR) is 134 cm³/mol. The lowest BCUT2D eigenvalue weighted by molar-refractivity contribution is -0.115. The minimum atomic E-state index is -0.649. The van der Waals surface area contributed by atoms with Crippen molar-refractivity contribution in [3.8, 4) is 0 Å². The van der Waals surface area contributed by atoms with Crippen LogP contribution >= 0.6 is 0 Å². The molecular formula is C27H28N4O3. The first-order valence-corrected chi connectivity index (χ1v) is 11.4. The van der Waals surface area contributed by atoms with E-state index in [1.54, 1.807) is 24.3 Å². The number of carbonyl (C=O) groups excluding carboxylic acids is 3. The molecule has 0 bridgehead atoms. The van der Waals surface area contributed by atoms with Gasteiger partial charge in [0, 0.05) is 41.0 Å². The van der Waals surface area contributed by atoms with Gasteiger partial charge in [0.15, 0.2) is 0 Å². The summed E-state index contributed by atoms with van der Waals surface area (Å²) in [6.45, 7) is 3.88. The molecule has 2 atom stereocenters. The lowest BCUT2D eigenvalue weighted by Crippen LogP contribution is -2.43. The highest BCUT2D eigenvalue weighted by atomic mass is 16.2. The average Bonchev–Trinajstić information content (AvgIpc) is 2.84. The molecule has 4 rings (SSSR count). The van der Waals surface area contributed by atoms with Gasteiger partial charge in [0.1, 0.15) is 0 Å². The topological polar surface area (TPSA) is 105 Å². The smallest absolute Gasteiger partial charge is 0.316 e. The summed E-state index contributed by atoms with van der Waals surface area (Å²) < 4.78 is 0. The number of urea groups is 1. The predicted octanol–water partition coefficient (Wildman–Crippen LogP) is 5.10. The summed E-state index contributed by atoms with van der Waals surface area (Å²) in [5, 5.41) is 5.39. The Balaban J connectivity index is 1.62. The highest BCUT2D eigenvalue weighted by Crippen LogP contribution is 2.42. The summed E-state index contributed by atoms with van der Waals surface area (Å²) in [6.07, 6.45) is 1.20. The van der Waals surface area contributed by atoms with E-state index in [0.29, 0.717) is 17.7 Å². The highest BCUT2D eigenvalue weighted by molar-refractivity contribution is 6.07. The van der Waals surface area contributed by atoms with E-state index < -0.39 is 6.03 Å². The van der Waals surface area contributed by atoms with Gasteiger partial charge in [0.2, 0.25) is 5.91 Å². The maximum Gasteiger partial charge on any atom is 0.316 e. The number of fused-ring (bicyclic) bond motifs is 1. The largest absolute Gasteiger partial charge is 0.351 e. The van der Waals surface area contributed by atoms with Crippen molar-refractivity contribution in [3.63, 3.8) is 0 Å². The van der Waals surface area contributed by atoms with E-state index in [4.69, 9.17) is 5.73 Å². The molecule has 3 aromatic carbocycles. The van der Waals surface area contributed by atoms with E-state index in [-0.39, 0.29) is 23.8 Å². The van der Waals surface area contributed by atoms with Gasteiger partial charge >= 0.3 is 6.03 Å². The third-order valence-electron chi connectivity index (χ3n) is 6.13.